The lowest BCUT2D eigenvalue weighted by Gasteiger charge is -2.34. The van der Waals surface area contributed by atoms with Crippen LogP contribution >= 0.6 is 0 Å². The van der Waals surface area contributed by atoms with Crippen LogP contribution in [0.2, 0.25) is 0 Å². The summed E-state index contributed by atoms with van der Waals surface area (Å²) in [4.78, 5) is 27.2. The molecule has 186 valence electrons. The molecular weight excluding hydrogens is 444 g/mol. The first-order valence-corrected chi connectivity index (χ1v) is 12.2. The predicted octanol–water partition coefficient (Wildman–Crippen LogP) is 4.96. The number of nitrogens with one attached hydrogen (secondary N) is 1. The first-order valence-electron chi connectivity index (χ1n) is 12.2. The van der Waals surface area contributed by atoms with Crippen LogP contribution in [0, 0.1) is 11.8 Å². The van der Waals surface area contributed by atoms with Gasteiger partial charge in [-0.05, 0) is 61.6 Å². The Morgan fingerprint density at radius 1 is 1.03 bits per heavy atom. The molecule has 4 rings (SSSR count). The van der Waals surface area contributed by atoms with Gasteiger partial charge in [0.05, 0.1) is 31.8 Å². The van der Waals surface area contributed by atoms with Gasteiger partial charge >= 0.3 is 0 Å². The molecular formula is C28H34N2O5. The summed E-state index contributed by atoms with van der Waals surface area (Å²) < 4.78 is 18.0. The summed E-state index contributed by atoms with van der Waals surface area (Å²) in [5, 5.41) is 4.17. The molecule has 0 unspecified atom stereocenters. The van der Waals surface area contributed by atoms with Crippen LogP contribution in [0.15, 0.2) is 47.4 Å². The van der Waals surface area contributed by atoms with E-state index in [9.17, 15) is 9.59 Å². The van der Waals surface area contributed by atoms with E-state index >= 15 is 0 Å². The molecule has 1 aliphatic rings. The van der Waals surface area contributed by atoms with Gasteiger partial charge in [-0.25, -0.2) is 0 Å². The molecule has 1 amide bonds. The highest BCUT2D eigenvalue weighted by Crippen LogP contribution is 2.34. The summed E-state index contributed by atoms with van der Waals surface area (Å²) in [6, 6.07) is 10.7. The Morgan fingerprint density at radius 2 is 1.69 bits per heavy atom. The normalized spacial score (nSPS) is 19.9. The molecule has 0 radical (unpaired) electrons. The van der Waals surface area contributed by atoms with Crippen molar-refractivity contribution in [3.63, 3.8) is 0 Å². The van der Waals surface area contributed by atoms with Gasteiger partial charge in [0.15, 0.2) is 11.5 Å². The third-order valence-corrected chi connectivity index (χ3v) is 7.22. The van der Waals surface area contributed by atoms with Crippen LogP contribution in [0.1, 0.15) is 50.4 Å². The third kappa shape index (κ3) is 4.85. The molecule has 1 heterocycles. The molecule has 1 N–H and O–H groups in total. The number of carbonyl (C=O) groups excluding carboxylic acids is 1. The lowest BCUT2D eigenvalue weighted by Crippen LogP contribution is -2.44. The Morgan fingerprint density at radius 3 is 2.31 bits per heavy atom. The molecule has 3 atom stereocenters. The summed E-state index contributed by atoms with van der Waals surface area (Å²) in [6.45, 7) is 6.91. The second-order valence-electron chi connectivity index (χ2n) is 9.24. The number of carbonyl (C=O) groups is 1. The zero-order chi connectivity index (χ0) is 25.1. The molecule has 0 saturated heterocycles. The standard InChI is InChI=1S/C28H34N2O5/c1-6-35-20-12-10-19(11-13-20)30-16-23(27(31)29-24-9-7-8-17(2)18(24)3)21-14-25(33-4)26(34-5)15-22(21)28(30)32/h10-18,24H,6-9H2,1-5H3,(H,29,31)/t17-,18+,24-/m1/s1. The van der Waals surface area contributed by atoms with Gasteiger partial charge < -0.3 is 19.5 Å². The smallest absolute Gasteiger partial charge is 0.263 e. The number of methoxy groups -OCH3 is 2. The second kappa shape index (κ2) is 10.4. The largest absolute Gasteiger partial charge is 0.494 e. The van der Waals surface area contributed by atoms with Gasteiger partial charge in [-0.1, -0.05) is 26.7 Å². The van der Waals surface area contributed by atoms with E-state index in [0.717, 1.165) is 18.6 Å². The molecule has 0 bridgehead atoms. The molecule has 35 heavy (non-hydrogen) atoms. The van der Waals surface area contributed by atoms with Crippen LogP contribution in [0.25, 0.3) is 16.5 Å². The van der Waals surface area contributed by atoms with E-state index in [1.807, 2.05) is 31.2 Å². The lowest BCUT2D eigenvalue weighted by atomic mass is 9.78. The van der Waals surface area contributed by atoms with Crippen LogP contribution in [0.3, 0.4) is 0 Å². The number of fused-ring (bicyclic) bond motifs is 1. The monoisotopic (exact) mass is 478 g/mol. The summed E-state index contributed by atoms with van der Waals surface area (Å²) in [5.41, 5.74) is 0.810. The van der Waals surface area contributed by atoms with Gasteiger partial charge in [-0.3, -0.25) is 14.2 Å². The van der Waals surface area contributed by atoms with Crippen molar-refractivity contribution in [3.05, 3.63) is 58.5 Å². The number of aromatic nitrogens is 1. The summed E-state index contributed by atoms with van der Waals surface area (Å²) in [6.07, 6.45) is 4.84. The van der Waals surface area contributed by atoms with E-state index in [2.05, 4.69) is 19.2 Å². The number of benzene rings is 2. The molecule has 3 aromatic rings. The number of rotatable bonds is 7. The minimum atomic E-state index is -0.249. The average Bonchev–Trinajstić information content (AvgIpc) is 2.87. The van der Waals surface area contributed by atoms with Crippen molar-refractivity contribution in [1.29, 1.82) is 0 Å². The van der Waals surface area contributed by atoms with E-state index in [4.69, 9.17) is 14.2 Å². The Balaban J connectivity index is 1.86. The molecule has 1 saturated carbocycles. The highest BCUT2D eigenvalue weighted by Gasteiger charge is 2.29. The zero-order valence-electron chi connectivity index (χ0n) is 21.1. The minimum Gasteiger partial charge on any atom is -0.494 e. The van der Waals surface area contributed by atoms with Gasteiger partial charge in [-0.15, -0.1) is 0 Å². The minimum absolute atomic E-state index is 0.0901. The zero-order valence-corrected chi connectivity index (χ0v) is 21.1. The number of amides is 1. The Kier molecular flexibility index (Phi) is 7.34. The summed E-state index contributed by atoms with van der Waals surface area (Å²) >= 11 is 0. The first-order chi connectivity index (χ1) is 16.9. The van der Waals surface area contributed by atoms with Crippen LogP contribution in [0.4, 0.5) is 0 Å². The van der Waals surface area contributed by atoms with E-state index in [0.29, 0.717) is 52.0 Å². The van der Waals surface area contributed by atoms with Crippen LogP contribution in [0.5, 0.6) is 17.2 Å². The van der Waals surface area contributed by atoms with Gasteiger partial charge in [0.2, 0.25) is 0 Å². The molecule has 1 fully saturated rings. The maximum absolute atomic E-state index is 13.6. The van der Waals surface area contributed by atoms with Crippen molar-refractivity contribution in [1.82, 2.24) is 9.88 Å². The fourth-order valence-corrected chi connectivity index (χ4v) is 4.94. The van der Waals surface area contributed by atoms with Crippen molar-refractivity contribution in [2.75, 3.05) is 20.8 Å². The number of hydrogen-bond acceptors (Lipinski definition) is 5. The van der Waals surface area contributed by atoms with Crippen molar-refractivity contribution >= 4 is 16.7 Å². The summed E-state index contributed by atoms with van der Waals surface area (Å²) in [7, 11) is 3.06. The third-order valence-electron chi connectivity index (χ3n) is 7.22. The van der Waals surface area contributed by atoms with Crippen LogP contribution in [-0.4, -0.2) is 37.3 Å². The maximum atomic E-state index is 13.6. The number of nitrogens with zero attached hydrogens (tertiary/aromatic N) is 1. The van der Waals surface area contributed by atoms with Gasteiger partial charge in [0.1, 0.15) is 5.75 Å². The molecule has 1 aliphatic carbocycles. The van der Waals surface area contributed by atoms with Crippen LogP contribution < -0.4 is 25.1 Å². The van der Waals surface area contributed by atoms with E-state index < -0.39 is 0 Å². The first kappa shape index (κ1) is 24.6. The molecule has 2 aromatic carbocycles. The molecule has 0 aliphatic heterocycles. The lowest BCUT2D eigenvalue weighted by molar-refractivity contribution is 0.0892. The van der Waals surface area contributed by atoms with Gasteiger partial charge in [0, 0.05) is 23.3 Å². The molecule has 7 nitrogen and oxygen atoms in total. The van der Waals surface area contributed by atoms with E-state index in [-0.39, 0.29) is 17.5 Å². The van der Waals surface area contributed by atoms with Crippen molar-refractivity contribution in [2.24, 2.45) is 11.8 Å². The second-order valence-corrected chi connectivity index (χ2v) is 9.24. The van der Waals surface area contributed by atoms with Crippen molar-refractivity contribution in [2.45, 2.75) is 46.1 Å². The Bertz CT molecular complexity index is 1270. The maximum Gasteiger partial charge on any atom is 0.263 e. The van der Waals surface area contributed by atoms with Crippen molar-refractivity contribution < 1.29 is 19.0 Å². The molecule has 1 aromatic heterocycles. The van der Waals surface area contributed by atoms with Crippen LogP contribution in [-0.2, 0) is 0 Å². The highest BCUT2D eigenvalue weighted by atomic mass is 16.5. The Hall–Kier alpha value is -3.48. The van der Waals surface area contributed by atoms with E-state index in [1.54, 1.807) is 18.3 Å². The number of ether oxygens (including phenoxy) is 3. The van der Waals surface area contributed by atoms with Gasteiger partial charge in [0.25, 0.3) is 11.5 Å². The number of pyridine rings is 1. The molecule has 7 heteroatoms. The highest BCUT2D eigenvalue weighted by molar-refractivity contribution is 6.07. The number of hydrogen-bond donors (Lipinski definition) is 1. The summed E-state index contributed by atoms with van der Waals surface area (Å²) in [5.74, 6) is 2.34. The topological polar surface area (TPSA) is 78.8 Å². The predicted molar refractivity (Wildman–Crippen MR) is 137 cm³/mol. The van der Waals surface area contributed by atoms with Crippen molar-refractivity contribution in [3.8, 4) is 22.9 Å². The van der Waals surface area contributed by atoms with Gasteiger partial charge in [-0.2, -0.15) is 0 Å². The average molecular weight is 479 g/mol. The fourth-order valence-electron chi connectivity index (χ4n) is 4.94. The molecule has 0 spiro atoms. The Labute approximate surface area is 206 Å². The quantitative estimate of drug-likeness (QED) is 0.519. The van der Waals surface area contributed by atoms with E-state index in [1.165, 1.54) is 25.2 Å². The SMILES string of the molecule is CCOc1ccc(-n2cc(C(=O)N[C@@H]3CCC[C@@H](C)[C@@H]3C)c3cc(OC)c(OC)cc3c2=O)cc1. The fraction of sp³-hybridized carbons (Fsp3) is 0.429.